The topological polar surface area (TPSA) is 118 Å². The molecular formula is C26H28N8O3. The second-order valence-corrected chi connectivity index (χ2v) is 9.65. The average molecular weight is 501 g/mol. The smallest absolute Gasteiger partial charge is 0.410 e. The molecule has 4 aromatic rings. The Morgan fingerprint density at radius 2 is 1.76 bits per heavy atom. The van der Waals surface area contributed by atoms with Crippen molar-refractivity contribution in [3.05, 3.63) is 67.0 Å². The van der Waals surface area contributed by atoms with Crippen LogP contribution in [0.3, 0.4) is 0 Å². The van der Waals surface area contributed by atoms with Crippen molar-refractivity contribution in [2.75, 3.05) is 36.4 Å². The Morgan fingerprint density at radius 1 is 0.973 bits per heavy atom. The van der Waals surface area contributed by atoms with Gasteiger partial charge in [-0.2, -0.15) is 0 Å². The second-order valence-electron chi connectivity index (χ2n) is 9.65. The molecule has 1 N–H and O–H groups in total. The number of anilines is 2. The van der Waals surface area contributed by atoms with Crippen LogP contribution in [-0.2, 0) is 4.74 Å². The van der Waals surface area contributed by atoms with Gasteiger partial charge in [-0.1, -0.05) is 12.1 Å². The van der Waals surface area contributed by atoms with Gasteiger partial charge in [0.05, 0.1) is 28.6 Å². The zero-order valence-corrected chi connectivity index (χ0v) is 21.0. The Hall–Kier alpha value is -4.54. The number of fused-ring (bicyclic) bond motifs is 1. The molecule has 2 amide bonds. The minimum atomic E-state index is -0.539. The van der Waals surface area contributed by atoms with E-state index in [0.717, 1.165) is 16.7 Å². The van der Waals surface area contributed by atoms with E-state index in [1.807, 2.05) is 51.1 Å². The first-order valence-corrected chi connectivity index (χ1v) is 12.0. The van der Waals surface area contributed by atoms with Gasteiger partial charge in [0.2, 0.25) is 5.95 Å². The number of aromatic nitrogens is 5. The third-order valence-corrected chi connectivity index (χ3v) is 5.86. The number of pyridine rings is 1. The van der Waals surface area contributed by atoms with Crippen LogP contribution in [0.25, 0.3) is 17.0 Å². The molecule has 11 nitrogen and oxygen atoms in total. The first kappa shape index (κ1) is 24.2. The summed E-state index contributed by atoms with van der Waals surface area (Å²) in [6.45, 7) is 7.77. The zero-order valence-electron chi connectivity index (χ0n) is 21.0. The molecule has 4 heterocycles. The molecule has 1 aliphatic heterocycles. The third kappa shape index (κ3) is 5.35. The van der Waals surface area contributed by atoms with E-state index < -0.39 is 5.60 Å². The summed E-state index contributed by atoms with van der Waals surface area (Å²) >= 11 is 0. The molecule has 11 heteroatoms. The molecule has 5 rings (SSSR count). The number of para-hydroxylation sites is 2. The van der Waals surface area contributed by atoms with Gasteiger partial charge in [-0.3, -0.25) is 14.3 Å². The van der Waals surface area contributed by atoms with Crippen molar-refractivity contribution in [1.82, 2.24) is 29.4 Å². The van der Waals surface area contributed by atoms with Gasteiger partial charge >= 0.3 is 6.09 Å². The molecule has 0 radical (unpaired) electrons. The highest BCUT2D eigenvalue weighted by molar-refractivity contribution is 6.04. The van der Waals surface area contributed by atoms with Crippen LogP contribution in [0.15, 0.2) is 61.3 Å². The first-order valence-electron chi connectivity index (χ1n) is 12.0. The summed E-state index contributed by atoms with van der Waals surface area (Å²) in [6.07, 6.45) is 6.15. The summed E-state index contributed by atoms with van der Waals surface area (Å²) in [6, 6.07) is 11.1. The lowest BCUT2D eigenvalue weighted by Crippen LogP contribution is -2.50. The number of amides is 2. The van der Waals surface area contributed by atoms with Gasteiger partial charge in [-0.25, -0.2) is 19.7 Å². The Morgan fingerprint density at radius 3 is 2.54 bits per heavy atom. The number of piperazine rings is 1. The first-order chi connectivity index (χ1) is 17.8. The van der Waals surface area contributed by atoms with Crippen molar-refractivity contribution in [1.29, 1.82) is 0 Å². The molecule has 190 valence electrons. The van der Waals surface area contributed by atoms with Gasteiger partial charge < -0.3 is 19.9 Å². The largest absolute Gasteiger partial charge is 0.444 e. The minimum Gasteiger partial charge on any atom is -0.444 e. The van der Waals surface area contributed by atoms with E-state index in [1.54, 1.807) is 40.5 Å². The maximum absolute atomic E-state index is 13.2. The highest BCUT2D eigenvalue weighted by atomic mass is 16.6. The molecule has 0 unspecified atom stereocenters. The maximum atomic E-state index is 13.2. The number of carbonyl (C=O) groups excluding carboxylic acids is 2. The van der Waals surface area contributed by atoms with Crippen LogP contribution in [0.2, 0.25) is 0 Å². The number of nitrogens with one attached hydrogen (secondary N) is 1. The lowest BCUT2D eigenvalue weighted by Gasteiger charge is -2.37. The molecule has 1 saturated heterocycles. The van der Waals surface area contributed by atoms with E-state index in [-0.39, 0.29) is 17.7 Å². The molecule has 0 saturated carbocycles. The number of benzene rings is 1. The number of ether oxygens (including phenoxy) is 1. The lowest BCUT2D eigenvalue weighted by atomic mass is 10.2. The van der Waals surface area contributed by atoms with Crippen molar-refractivity contribution in [2.24, 2.45) is 0 Å². The lowest BCUT2D eigenvalue weighted by molar-refractivity contribution is 0.0240. The molecule has 0 spiro atoms. The standard InChI is InChI=1S/C26H28N8O3/c1-26(2,3)37-25(36)33-14-12-32(13-15-33)21-9-10-27-16-20(21)30-23(35)19-8-11-28-24(31-19)34-17-29-18-6-4-5-7-22(18)34/h4-11,16-17H,12-15H2,1-3H3,(H,30,35). The zero-order chi connectivity index (χ0) is 26.0. The Kier molecular flexibility index (Phi) is 6.43. The van der Waals surface area contributed by atoms with Crippen LogP contribution in [0.4, 0.5) is 16.2 Å². The fourth-order valence-electron chi connectivity index (χ4n) is 4.11. The number of hydrogen-bond donors (Lipinski definition) is 1. The molecule has 3 aromatic heterocycles. The van der Waals surface area contributed by atoms with Crippen LogP contribution in [0.5, 0.6) is 0 Å². The summed E-state index contributed by atoms with van der Waals surface area (Å²) in [5, 5.41) is 2.94. The van der Waals surface area contributed by atoms with E-state index in [9.17, 15) is 9.59 Å². The van der Waals surface area contributed by atoms with Crippen LogP contribution in [-0.4, -0.2) is 73.2 Å². The number of carbonyl (C=O) groups is 2. The third-order valence-electron chi connectivity index (χ3n) is 5.86. The molecule has 0 atom stereocenters. The van der Waals surface area contributed by atoms with Crippen LogP contribution in [0, 0.1) is 0 Å². The van der Waals surface area contributed by atoms with Crippen LogP contribution in [0.1, 0.15) is 31.3 Å². The van der Waals surface area contributed by atoms with Crippen LogP contribution < -0.4 is 10.2 Å². The number of imidazole rings is 1. The predicted octanol–water partition coefficient (Wildman–Crippen LogP) is 3.52. The quantitative estimate of drug-likeness (QED) is 0.452. The van der Waals surface area contributed by atoms with Crippen molar-refractivity contribution >= 4 is 34.4 Å². The maximum Gasteiger partial charge on any atom is 0.410 e. The SMILES string of the molecule is CC(C)(C)OC(=O)N1CCN(c2ccncc2NC(=O)c2ccnc(-n3cnc4ccccc43)n2)CC1. The molecule has 1 aromatic carbocycles. The molecule has 0 bridgehead atoms. The molecule has 37 heavy (non-hydrogen) atoms. The van der Waals surface area contributed by atoms with E-state index in [2.05, 4.69) is 30.2 Å². The average Bonchev–Trinajstić information content (AvgIpc) is 3.32. The van der Waals surface area contributed by atoms with Crippen molar-refractivity contribution < 1.29 is 14.3 Å². The number of nitrogens with zero attached hydrogens (tertiary/aromatic N) is 7. The van der Waals surface area contributed by atoms with E-state index in [1.165, 1.54) is 0 Å². The van der Waals surface area contributed by atoms with Gasteiger partial charge in [0.1, 0.15) is 17.6 Å². The van der Waals surface area contributed by atoms with Gasteiger partial charge in [0.15, 0.2) is 0 Å². The predicted molar refractivity (Wildman–Crippen MR) is 139 cm³/mol. The fraction of sp³-hybridized carbons (Fsp3) is 0.308. The Bertz CT molecular complexity index is 1440. The summed E-state index contributed by atoms with van der Waals surface area (Å²) in [4.78, 5) is 46.7. The van der Waals surface area contributed by atoms with Gasteiger partial charge in [-0.05, 0) is 45.0 Å². The summed E-state index contributed by atoms with van der Waals surface area (Å²) in [5.41, 5.74) is 2.72. The van der Waals surface area contributed by atoms with Gasteiger partial charge in [-0.15, -0.1) is 0 Å². The van der Waals surface area contributed by atoms with Crippen LogP contribution >= 0.6 is 0 Å². The van der Waals surface area contributed by atoms with Gasteiger partial charge in [0.25, 0.3) is 5.91 Å². The number of hydrogen-bond acceptors (Lipinski definition) is 8. The Labute approximate surface area is 214 Å². The molecule has 0 aliphatic carbocycles. The molecule has 1 aliphatic rings. The summed E-state index contributed by atoms with van der Waals surface area (Å²) in [5.74, 6) is -0.0271. The van der Waals surface area contributed by atoms with Crippen molar-refractivity contribution in [3.8, 4) is 5.95 Å². The summed E-state index contributed by atoms with van der Waals surface area (Å²) in [7, 11) is 0. The Balaban J connectivity index is 1.30. The summed E-state index contributed by atoms with van der Waals surface area (Å²) < 4.78 is 7.23. The van der Waals surface area contributed by atoms with E-state index >= 15 is 0 Å². The molecular weight excluding hydrogens is 472 g/mol. The van der Waals surface area contributed by atoms with Crippen molar-refractivity contribution in [2.45, 2.75) is 26.4 Å². The monoisotopic (exact) mass is 500 g/mol. The van der Waals surface area contributed by atoms with E-state index in [4.69, 9.17) is 4.74 Å². The highest BCUT2D eigenvalue weighted by Gasteiger charge is 2.27. The fourth-order valence-corrected chi connectivity index (χ4v) is 4.11. The van der Waals surface area contributed by atoms with Crippen molar-refractivity contribution in [3.63, 3.8) is 0 Å². The van der Waals surface area contributed by atoms with E-state index in [0.29, 0.717) is 37.8 Å². The highest BCUT2D eigenvalue weighted by Crippen LogP contribution is 2.26. The van der Waals surface area contributed by atoms with Gasteiger partial charge in [0, 0.05) is 38.6 Å². The molecule has 1 fully saturated rings. The second kappa shape index (κ2) is 9.84. The normalized spacial score (nSPS) is 14.0. The minimum absolute atomic E-state index is 0.215. The number of rotatable bonds is 4.